The fourth-order valence-electron chi connectivity index (χ4n) is 2.17. The lowest BCUT2D eigenvalue weighted by Gasteiger charge is -2.20. The Bertz CT molecular complexity index is 233. The summed E-state index contributed by atoms with van der Waals surface area (Å²) in [5, 5.41) is 0.414. The van der Waals surface area contributed by atoms with E-state index in [1.807, 2.05) is 27.7 Å². The van der Waals surface area contributed by atoms with Gasteiger partial charge in [-0.2, -0.15) is 5.12 Å². The Morgan fingerprint density at radius 1 is 1.00 bits per heavy atom. The number of halogens is 1. The third-order valence-electron chi connectivity index (χ3n) is 3.79. The molecule has 2 atom stereocenters. The van der Waals surface area contributed by atoms with Crippen molar-refractivity contribution in [3.8, 4) is 0 Å². The third-order valence-corrected chi connectivity index (χ3v) is 3.79. The first kappa shape index (κ1) is 22.7. The lowest BCUT2D eigenvalue weighted by atomic mass is 9.98. The van der Waals surface area contributed by atoms with Gasteiger partial charge in [0.1, 0.15) is 0 Å². The number of carbonyl (C=O) groups excluding carboxylic acids is 1. The van der Waals surface area contributed by atoms with E-state index in [1.54, 1.807) is 6.92 Å². The summed E-state index contributed by atoms with van der Waals surface area (Å²) in [6.07, 6.45) is 9.63. The predicted molar refractivity (Wildman–Crippen MR) is 90.8 cm³/mol. The molecule has 0 aliphatic heterocycles. The molecule has 21 heavy (non-hydrogen) atoms. The number of carbonyl (C=O) groups is 1. The summed E-state index contributed by atoms with van der Waals surface area (Å²) in [6, 6.07) is -0.297. The van der Waals surface area contributed by atoms with Crippen LogP contribution in [0.5, 0.6) is 0 Å². The first-order valence-corrected chi connectivity index (χ1v) is 9.00. The maximum Gasteiger partial charge on any atom is 0.250 e. The van der Waals surface area contributed by atoms with Gasteiger partial charge in [0.2, 0.25) is 0 Å². The summed E-state index contributed by atoms with van der Waals surface area (Å²) < 4.78 is 13.6. The van der Waals surface area contributed by atoms with Crippen LogP contribution in [-0.2, 0) is 4.79 Å². The number of hydrogen-bond donors (Lipinski definition) is 0. The second-order valence-corrected chi connectivity index (χ2v) is 5.83. The zero-order chi connectivity index (χ0) is 16.7. The minimum atomic E-state index is -0.354. The number of amides is 1. The van der Waals surface area contributed by atoms with Crippen LogP contribution in [0, 0.1) is 5.92 Å². The molecular formula is C18H38FNO. The van der Waals surface area contributed by atoms with E-state index in [-0.39, 0.29) is 11.9 Å². The molecular weight excluding hydrogens is 265 g/mol. The molecule has 0 aliphatic rings. The van der Waals surface area contributed by atoms with Crippen LogP contribution < -0.4 is 0 Å². The fourth-order valence-corrected chi connectivity index (χ4v) is 2.17. The summed E-state index contributed by atoms with van der Waals surface area (Å²) in [6.45, 7) is 11.9. The molecule has 1 amide bonds. The lowest BCUT2D eigenvalue weighted by molar-refractivity contribution is -0.152. The second kappa shape index (κ2) is 15.8. The smallest absolute Gasteiger partial charge is 0.250 e. The Kier molecular flexibility index (Phi) is 17.0. The van der Waals surface area contributed by atoms with Gasteiger partial charge in [-0.05, 0) is 19.3 Å². The molecule has 0 heterocycles. The predicted octanol–water partition coefficient (Wildman–Crippen LogP) is 6.30. The maximum atomic E-state index is 13.6. The van der Waals surface area contributed by atoms with Crippen molar-refractivity contribution >= 4 is 5.91 Å². The second-order valence-electron chi connectivity index (χ2n) is 5.83. The van der Waals surface area contributed by atoms with Crippen LogP contribution in [0.2, 0.25) is 0 Å². The molecule has 0 aliphatic carbocycles. The van der Waals surface area contributed by atoms with E-state index < -0.39 is 0 Å². The minimum Gasteiger partial charge on any atom is -0.272 e. The molecule has 2 nitrogen and oxygen atoms in total. The minimum absolute atomic E-state index is 0.293. The highest BCUT2D eigenvalue weighted by atomic mass is 19.2. The fraction of sp³-hybridized carbons (Fsp3) is 0.944. The standard InChI is InChI=1S/C16H32FNO.C2H6/c1-5-7-8-9-10-11-12-14(3)13-16(19)18(17)15(4)6-2;1-2/h14-15H,5-13H2,1-4H3;1-2H3. The van der Waals surface area contributed by atoms with Crippen molar-refractivity contribution in [1.82, 2.24) is 5.12 Å². The Hall–Kier alpha value is -0.600. The summed E-state index contributed by atoms with van der Waals surface area (Å²) in [5.74, 6) is -0.0613. The van der Waals surface area contributed by atoms with Crippen molar-refractivity contribution in [2.75, 3.05) is 0 Å². The van der Waals surface area contributed by atoms with Crippen LogP contribution in [0.1, 0.15) is 99.3 Å². The van der Waals surface area contributed by atoms with E-state index in [2.05, 4.69) is 6.92 Å². The SMILES string of the molecule is CC.CCCCCCCCC(C)CC(=O)N(F)C(C)CC. The molecule has 0 saturated carbocycles. The van der Waals surface area contributed by atoms with Crippen molar-refractivity contribution in [2.24, 2.45) is 5.92 Å². The van der Waals surface area contributed by atoms with Crippen LogP contribution in [0.4, 0.5) is 4.48 Å². The Morgan fingerprint density at radius 3 is 2.05 bits per heavy atom. The number of nitrogens with zero attached hydrogens (tertiary/aromatic N) is 1. The van der Waals surface area contributed by atoms with E-state index in [0.717, 1.165) is 12.8 Å². The van der Waals surface area contributed by atoms with Gasteiger partial charge >= 0.3 is 0 Å². The summed E-state index contributed by atoms with van der Waals surface area (Å²) in [4.78, 5) is 11.7. The maximum absolute atomic E-state index is 13.6. The van der Waals surface area contributed by atoms with Gasteiger partial charge in [0, 0.05) is 6.42 Å². The highest BCUT2D eigenvalue weighted by molar-refractivity contribution is 5.75. The molecule has 0 saturated heterocycles. The molecule has 2 unspecified atom stereocenters. The molecule has 0 rings (SSSR count). The van der Waals surface area contributed by atoms with Crippen LogP contribution >= 0.6 is 0 Å². The van der Waals surface area contributed by atoms with Gasteiger partial charge in [0.25, 0.3) is 5.91 Å². The van der Waals surface area contributed by atoms with E-state index in [9.17, 15) is 9.28 Å². The molecule has 128 valence electrons. The number of rotatable bonds is 11. The normalized spacial score (nSPS) is 13.1. The molecule has 0 radical (unpaired) electrons. The van der Waals surface area contributed by atoms with E-state index in [4.69, 9.17) is 0 Å². The van der Waals surface area contributed by atoms with Gasteiger partial charge in [-0.15, -0.1) is 0 Å². The third kappa shape index (κ3) is 12.8. The van der Waals surface area contributed by atoms with Gasteiger partial charge in [-0.1, -0.05) is 84.0 Å². The lowest BCUT2D eigenvalue weighted by Crippen LogP contribution is -2.31. The van der Waals surface area contributed by atoms with Crippen molar-refractivity contribution in [3.05, 3.63) is 0 Å². The molecule has 0 aromatic carbocycles. The van der Waals surface area contributed by atoms with Crippen molar-refractivity contribution in [1.29, 1.82) is 0 Å². The average molecular weight is 304 g/mol. The van der Waals surface area contributed by atoms with E-state index >= 15 is 0 Å². The Balaban J connectivity index is 0. The molecule has 3 heteroatoms. The number of unbranched alkanes of at least 4 members (excludes halogenated alkanes) is 5. The first-order valence-electron chi connectivity index (χ1n) is 9.00. The van der Waals surface area contributed by atoms with Gasteiger partial charge in [-0.3, -0.25) is 4.79 Å². The van der Waals surface area contributed by atoms with Crippen molar-refractivity contribution in [3.63, 3.8) is 0 Å². The highest BCUT2D eigenvalue weighted by Crippen LogP contribution is 2.17. The summed E-state index contributed by atoms with van der Waals surface area (Å²) in [5.41, 5.74) is 0. The van der Waals surface area contributed by atoms with Gasteiger partial charge < -0.3 is 0 Å². The molecule has 0 aromatic heterocycles. The molecule has 0 bridgehead atoms. The van der Waals surface area contributed by atoms with Crippen LogP contribution in [0.25, 0.3) is 0 Å². The van der Waals surface area contributed by atoms with E-state index in [0.29, 0.717) is 23.9 Å². The van der Waals surface area contributed by atoms with Crippen molar-refractivity contribution < 1.29 is 9.28 Å². The topological polar surface area (TPSA) is 20.3 Å². The van der Waals surface area contributed by atoms with Crippen LogP contribution in [-0.4, -0.2) is 17.1 Å². The van der Waals surface area contributed by atoms with Crippen LogP contribution in [0.3, 0.4) is 0 Å². The average Bonchev–Trinajstić information content (AvgIpc) is 2.51. The molecule has 0 spiro atoms. The van der Waals surface area contributed by atoms with E-state index in [1.165, 1.54) is 32.1 Å². The van der Waals surface area contributed by atoms with Gasteiger partial charge in [-0.25, -0.2) is 0 Å². The van der Waals surface area contributed by atoms with Gasteiger partial charge in [0.15, 0.2) is 0 Å². The largest absolute Gasteiger partial charge is 0.272 e. The highest BCUT2D eigenvalue weighted by Gasteiger charge is 2.20. The quantitative estimate of drug-likeness (QED) is 0.324. The summed E-state index contributed by atoms with van der Waals surface area (Å²) >= 11 is 0. The Labute approximate surface area is 132 Å². The summed E-state index contributed by atoms with van der Waals surface area (Å²) in [7, 11) is 0. The molecule has 0 aromatic rings. The monoisotopic (exact) mass is 303 g/mol. The molecule has 0 fully saturated rings. The zero-order valence-corrected chi connectivity index (χ0v) is 15.3. The Morgan fingerprint density at radius 2 is 1.52 bits per heavy atom. The van der Waals surface area contributed by atoms with Gasteiger partial charge in [0.05, 0.1) is 6.04 Å². The zero-order valence-electron chi connectivity index (χ0n) is 15.3. The van der Waals surface area contributed by atoms with Crippen LogP contribution in [0.15, 0.2) is 0 Å². The number of hydrogen-bond acceptors (Lipinski definition) is 1. The van der Waals surface area contributed by atoms with Crippen molar-refractivity contribution in [2.45, 2.75) is 105 Å². The first-order chi connectivity index (χ1) is 10.0. The molecule has 0 N–H and O–H groups in total.